The van der Waals surface area contributed by atoms with Gasteiger partial charge in [-0.2, -0.15) is 9.97 Å². The molecule has 0 aliphatic carbocycles. The number of fused-ring (bicyclic) bond motifs is 5. The van der Waals surface area contributed by atoms with Crippen LogP contribution in [0.25, 0.3) is 32.2 Å². The van der Waals surface area contributed by atoms with Gasteiger partial charge in [-0.15, -0.1) is 13.2 Å². The van der Waals surface area contributed by atoms with E-state index in [4.69, 9.17) is 10.5 Å². The van der Waals surface area contributed by atoms with E-state index in [0.717, 1.165) is 61.8 Å². The van der Waals surface area contributed by atoms with Gasteiger partial charge in [-0.3, -0.25) is 4.90 Å². The average Bonchev–Trinajstić information content (AvgIpc) is 3.74. The highest BCUT2D eigenvalue weighted by molar-refractivity contribution is 7.22. The van der Waals surface area contributed by atoms with Crippen molar-refractivity contribution in [2.24, 2.45) is 0 Å². The summed E-state index contributed by atoms with van der Waals surface area (Å²) in [6.07, 6.45) is -2.45. The zero-order valence-electron chi connectivity index (χ0n) is 24.3. The van der Waals surface area contributed by atoms with Crippen LogP contribution in [0, 0.1) is 11.6 Å². The van der Waals surface area contributed by atoms with Crippen LogP contribution < -0.4 is 25.4 Å². The van der Waals surface area contributed by atoms with Crippen molar-refractivity contribution in [3.8, 4) is 22.9 Å². The van der Waals surface area contributed by atoms with Gasteiger partial charge in [0.25, 0.3) is 0 Å². The lowest BCUT2D eigenvalue weighted by atomic mass is 9.95. The number of nitrogens with two attached hydrogens (primary N) is 1. The predicted octanol–water partition coefficient (Wildman–Crippen LogP) is 5.56. The van der Waals surface area contributed by atoms with E-state index < -0.39 is 41.0 Å². The first kappa shape index (κ1) is 29.8. The number of halogens is 6. The Morgan fingerprint density at radius 1 is 1.07 bits per heavy atom. The quantitative estimate of drug-likeness (QED) is 0.257. The van der Waals surface area contributed by atoms with Gasteiger partial charge < -0.3 is 25.4 Å². The number of thiazole rings is 1. The minimum atomic E-state index is -5.19. The summed E-state index contributed by atoms with van der Waals surface area (Å²) >= 11 is 0.789. The van der Waals surface area contributed by atoms with E-state index in [0.29, 0.717) is 26.1 Å². The van der Waals surface area contributed by atoms with Gasteiger partial charge in [-0.05, 0) is 50.4 Å². The molecule has 0 saturated carbocycles. The summed E-state index contributed by atoms with van der Waals surface area (Å²) in [4.78, 5) is 17.1. The van der Waals surface area contributed by atoms with Gasteiger partial charge in [-0.25, -0.2) is 18.2 Å². The molecular weight excluding hydrogens is 636 g/mol. The van der Waals surface area contributed by atoms with Gasteiger partial charge in [0, 0.05) is 49.1 Å². The zero-order valence-corrected chi connectivity index (χ0v) is 25.2. The Labute approximate surface area is 262 Å². The van der Waals surface area contributed by atoms with Crippen molar-refractivity contribution in [3.05, 3.63) is 29.8 Å². The lowest BCUT2D eigenvalue weighted by Gasteiger charge is -2.35. The Balaban J connectivity index is 1.31. The molecule has 4 saturated heterocycles. The number of nitrogens with zero attached hydrogens (tertiary/aromatic N) is 5. The zero-order chi connectivity index (χ0) is 32.0. The topological polar surface area (TPSA) is 102 Å². The van der Waals surface area contributed by atoms with E-state index in [1.165, 1.54) is 0 Å². The van der Waals surface area contributed by atoms with Crippen LogP contribution in [0.5, 0.6) is 11.8 Å². The summed E-state index contributed by atoms with van der Waals surface area (Å²) in [5.41, 5.74) is 4.12. The van der Waals surface area contributed by atoms with E-state index in [9.17, 15) is 22.0 Å². The fourth-order valence-electron chi connectivity index (χ4n) is 7.74. The number of alkyl halides is 4. The first-order chi connectivity index (χ1) is 22.0. The molecule has 6 heterocycles. The SMILES string of the molecule is Nc1nc2c(-c3c(OC(F)(F)F)cc4c(N5CC6CCC(C5)N6)nc(OC[C@@]56CCCN5C[C@H](F)C6)nc4c3F)ccc(F)c2s1. The van der Waals surface area contributed by atoms with Crippen LogP contribution in [0.15, 0.2) is 18.2 Å². The number of hydrogen-bond donors (Lipinski definition) is 2. The van der Waals surface area contributed by atoms with E-state index in [1.54, 1.807) is 0 Å². The molecule has 2 aromatic heterocycles. The molecule has 3 N–H and O–H groups in total. The molecule has 0 amide bonds. The molecular formula is C30H29F6N7O2S. The molecule has 46 heavy (non-hydrogen) atoms. The van der Waals surface area contributed by atoms with Crippen LogP contribution in [-0.4, -0.2) is 82.8 Å². The van der Waals surface area contributed by atoms with Crippen molar-refractivity contribution in [1.29, 1.82) is 0 Å². The van der Waals surface area contributed by atoms with Crippen LogP contribution in [0.1, 0.15) is 32.1 Å². The van der Waals surface area contributed by atoms with Crippen molar-refractivity contribution < 1.29 is 35.8 Å². The van der Waals surface area contributed by atoms with E-state index >= 15 is 4.39 Å². The van der Waals surface area contributed by atoms with Crippen LogP contribution >= 0.6 is 11.3 Å². The fraction of sp³-hybridized carbons (Fsp3) is 0.500. The molecule has 0 radical (unpaired) electrons. The maximum absolute atomic E-state index is 16.9. The first-order valence-corrected chi connectivity index (χ1v) is 16.0. The second kappa shape index (κ2) is 10.7. The fourth-order valence-corrected chi connectivity index (χ4v) is 8.50. The standard InChI is InChI=1S/C30H29F6N7O2S/c31-14-9-29(6-1-7-43(29)10-14)13-44-28-40-23-18(26(41-28)42-11-15-2-3-16(12-42)38-15)8-20(45-30(34,35)36)21(22(23)33)17-4-5-19(32)25-24(17)39-27(37)46-25/h4-5,8,14-16,38H,1-3,6-7,9-13H2,(H2,37,39)/t14-,15?,16?,29+/m1/s1. The Morgan fingerprint density at radius 3 is 2.61 bits per heavy atom. The number of nitrogens with one attached hydrogen (secondary N) is 1. The highest BCUT2D eigenvalue weighted by atomic mass is 32.1. The van der Waals surface area contributed by atoms with Crippen LogP contribution in [0.4, 0.5) is 37.3 Å². The molecule has 4 fully saturated rings. The first-order valence-electron chi connectivity index (χ1n) is 15.1. The average molecular weight is 666 g/mol. The number of piperazine rings is 1. The smallest absolute Gasteiger partial charge is 0.461 e. The molecule has 9 nitrogen and oxygen atoms in total. The number of benzene rings is 2. The van der Waals surface area contributed by atoms with Gasteiger partial charge in [0.05, 0.1) is 21.3 Å². The third-order valence-corrected chi connectivity index (χ3v) is 10.5. The third kappa shape index (κ3) is 5.04. The monoisotopic (exact) mass is 665 g/mol. The van der Waals surface area contributed by atoms with Crippen molar-refractivity contribution in [2.45, 2.75) is 62.3 Å². The molecule has 16 heteroatoms. The summed E-state index contributed by atoms with van der Waals surface area (Å²) in [5.74, 6) is -2.50. The second-order valence-electron chi connectivity index (χ2n) is 12.6. The molecule has 2 bridgehead atoms. The number of anilines is 2. The lowest BCUT2D eigenvalue weighted by Crippen LogP contribution is -2.51. The normalized spacial score (nSPS) is 26.4. The minimum absolute atomic E-state index is 0.00404. The molecule has 4 aliphatic rings. The summed E-state index contributed by atoms with van der Waals surface area (Å²) < 4.78 is 98.0. The van der Waals surface area contributed by atoms with Gasteiger partial charge in [0.15, 0.2) is 10.9 Å². The Kier molecular flexibility index (Phi) is 6.92. The number of nitrogen functional groups attached to an aromatic ring is 1. The lowest BCUT2D eigenvalue weighted by molar-refractivity contribution is -0.274. The molecule has 0 spiro atoms. The van der Waals surface area contributed by atoms with Crippen molar-refractivity contribution in [2.75, 3.05) is 43.4 Å². The Morgan fingerprint density at radius 2 is 1.85 bits per heavy atom. The Bertz CT molecular complexity index is 1840. The highest BCUT2D eigenvalue weighted by Crippen LogP contribution is 2.46. The molecule has 4 aliphatic heterocycles. The van der Waals surface area contributed by atoms with Gasteiger partial charge >= 0.3 is 12.4 Å². The van der Waals surface area contributed by atoms with Gasteiger partial charge in [0.2, 0.25) is 0 Å². The number of hydrogen-bond acceptors (Lipinski definition) is 10. The summed E-state index contributed by atoms with van der Waals surface area (Å²) in [7, 11) is 0. The maximum atomic E-state index is 16.9. The molecule has 244 valence electrons. The molecule has 4 atom stereocenters. The molecule has 2 unspecified atom stereocenters. The molecule has 8 rings (SSSR count). The highest BCUT2D eigenvalue weighted by Gasteiger charge is 2.49. The van der Waals surface area contributed by atoms with E-state index in [2.05, 4.69) is 29.9 Å². The molecule has 4 aromatic rings. The second-order valence-corrected chi connectivity index (χ2v) is 13.6. The maximum Gasteiger partial charge on any atom is 0.573 e. The third-order valence-electron chi connectivity index (χ3n) is 9.61. The van der Waals surface area contributed by atoms with Gasteiger partial charge in [-0.1, -0.05) is 11.3 Å². The van der Waals surface area contributed by atoms with Crippen molar-refractivity contribution >= 4 is 43.4 Å². The van der Waals surface area contributed by atoms with Crippen LogP contribution in [0.3, 0.4) is 0 Å². The summed E-state index contributed by atoms with van der Waals surface area (Å²) in [6, 6.07) is 3.29. The van der Waals surface area contributed by atoms with E-state index in [1.807, 2.05) is 4.90 Å². The Hall–Kier alpha value is -3.63. The number of aromatic nitrogens is 3. The van der Waals surface area contributed by atoms with Crippen molar-refractivity contribution in [3.63, 3.8) is 0 Å². The number of rotatable bonds is 6. The van der Waals surface area contributed by atoms with E-state index in [-0.39, 0.29) is 62.3 Å². The summed E-state index contributed by atoms with van der Waals surface area (Å²) in [6.45, 7) is 2.09. The predicted molar refractivity (Wildman–Crippen MR) is 160 cm³/mol. The number of ether oxygens (including phenoxy) is 2. The summed E-state index contributed by atoms with van der Waals surface area (Å²) in [5, 5.41) is 3.45. The molecule has 2 aromatic carbocycles. The van der Waals surface area contributed by atoms with Crippen LogP contribution in [0.2, 0.25) is 0 Å². The van der Waals surface area contributed by atoms with Gasteiger partial charge in [0.1, 0.15) is 35.7 Å². The van der Waals surface area contributed by atoms with Crippen LogP contribution in [-0.2, 0) is 0 Å². The van der Waals surface area contributed by atoms with Crippen molar-refractivity contribution in [1.82, 2.24) is 25.2 Å². The minimum Gasteiger partial charge on any atom is -0.461 e. The largest absolute Gasteiger partial charge is 0.573 e.